The van der Waals surface area contributed by atoms with Crippen LogP contribution in [0.25, 0.3) is 10.8 Å². The molecule has 0 unspecified atom stereocenters. The number of nitrogens with zero attached hydrogens (tertiary/aromatic N) is 1. The highest BCUT2D eigenvalue weighted by Gasteiger charge is 1.96. The van der Waals surface area contributed by atoms with Crippen LogP contribution < -0.4 is 0 Å². The summed E-state index contributed by atoms with van der Waals surface area (Å²) in [5, 5.41) is 2.57. The zero-order valence-corrected chi connectivity index (χ0v) is 11.1. The summed E-state index contributed by atoms with van der Waals surface area (Å²) in [6, 6.07) is 14.9. The predicted molar refractivity (Wildman–Crippen MR) is 80.6 cm³/mol. The first-order valence-corrected chi connectivity index (χ1v) is 6.89. The molecular formula is C17H21N. The molecule has 0 heterocycles. The Morgan fingerprint density at radius 3 is 2.67 bits per heavy atom. The average molecular weight is 239 g/mol. The van der Waals surface area contributed by atoms with Gasteiger partial charge in [-0.3, -0.25) is 4.99 Å². The zero-order chi connectivity index (χ0) is 12.6. The lowest BCUT2D eigenvalue weighted by Gasteiger charge is -2.01. The van der Waals surface area contributed by atoms with Crippen LogP contribution in [-0.4, -0.2) is 12.8 Å². The first-order chi connectivity index (χ1) is 8.92. The van der Waals surface area contributed by atoms with Gasteiger partial charge < -0.3 is 0 Å². The van der Waals surface area contributed by atoms with Crippen molar-refractivity contribution in [3.63, 3.8) is 0 Å². The smallest absolute Gasteiger partial charge is 0.0389 e. The summed E-state index contributed by atoms with van der Waals surface area (Å²) in [5.74, 6) is 0. The molecule has 0 saturated heterocycles. The minimum absolute atomic E-state index is 0.948. The fraction of sp³-hybridized carbons (Fsp3) is 0.353. The molecule has 2 aromatic carbocycles. The number of aliphatic imine (C=N–C) groups is 1. The quantitative estimate of drug-likeness (QED) is 0.505. The van der Waals surface area contributed by atoms with E-state index < -0.39 is 0 Å². The summed E-state index contributed by atoms with van der Waals surface area (Å²) in [5.41, 5.74) is 1.23. The van der Waals surface area contributed by atoms with Crippen LogP contribution in [0.1, 0.15) is 38.2 Å². The molecular weight excluding hydrogens is 218 g/mol. The Kier molecular flexibility index (Phi) is 4.95. The van der Waals surface area contributed by atoms with Crippen molar-refractivity contribution >= 4 is 17.0 Å². The van der Waals surface area contributed by atoms with E-state index in [9.17, 15) is 0 Å². The van der Waals surface area contributed by atoms with Gasteiger partial charge in [0, 0.05) is 18.3 Å². The summed E-state index contributed by atoms with van der Waals surface area (Å²) >= 11 is 0. The van der Waals surface area contributed by atoms with Crippen LogP contribution >= 0.6 is 0 Å². The number of benzene rings is 2. The van der Waals surface area contributed by atoms with Crippen LogP contribution in [0.2, 0.25) is 0 Å². The van der Waals surface area contributed by atoms with Gasteiger partial charge in [0.05, 0.1) is 0 Å². The Labute approximate surface area is 110 Å². The predicted octanol–water partition coefficient (Wildman–Crippen LogP) is 4.84. The number of hydrogen-bond acceptors (Lipinski definition) is 1. The minimum Gasteiger partial charge on any atom is -0.293 e. The number of rotatable bonds is 6. The molecule has 0 N–H and O–H groups in total. The van der Waals surface area contributed by atoms with Gasteiger partial charge in [-0.15, -0.1) is 0 Å². The molecule has 2 aromatic rings. The van der Waals surface area contributed by atoms with E-state index in [2.05, 4.69) is 54.4 Å². The van der Waals surface area contributed by atoms with Crippen molar-refractivity contribution in [3.8, 4) is 0 Å². The van der Waals surface area contributed by atoms with Crippen LogP contribution in [0.3, 0.4) is 0 Å². The highest BCUT2D eigenvalue weighted by atomic mass is 14.7. The zero-order valence-electron chi connectivity index (χ0n) is 11.1. The molecule has 2 rings (SSSR count). The highest BCUT2D eigenvalue weighted by molar-refractivity contribution is 5.99. The second kappa shape index (κ2) is 6.95. The van der Waals surface area contributed by atoms with Crippen molar-refractivity contribution < 1.29 is 0 Å². The number of unbranched alkanes of at least 4 members (excludes halogenated alkanes) is 3. The van der Waals surface area contributed by atoms with E-state index in [-0.39, 0.29) is 0 Å². The topological polar surface area (TPSA) is 12.4 Å². The molecule has 1 heteroatoms. The molecule has 0 fully saturated rings. The number of fused-ring (bicyclic) bond motifs is 1. The molecule has 0 aliphatic rings. The third kappa shape index (κ3) is 3.43. The van der Waals surface area contributed by atoms with Gasteiger partial charge in [-0.25, -0.2) is 0 Å². The van der Waals surface area contributed by atoms with Crippen molar-refractivity contribution in [2.45, 2.75) is 32.6 Å². The summed E-state index contributed by atoms with van der Waals surface area (Å²) in [7, 11) is 0. The van der Waals surface area contributed by atoms with Gasteiger partial charge in [0.2, 0.25) is 0 Å². The molecule has 0 radical (unpaired) electrons. The molecule has 0 aliphatic heterocycles. The Balaban J connectivity index is 2.01. The summed E-state index contributed by atoms with van der Waals surface area (Å²) < 4.78 is 0. The SMILES string of the molecule is CCCCCCN=Cc1cccc2ccccc12. The Morgan fingerprint density at radius 1 is 0.944 bits per heavy atom. The summed E-state index contributed by atoms with van der Waals surface area (Å²) in [6.45, 7) is 3.18. The maximum absolute atomic E-state index is 4.54. The second-order valence-electron chi connectivity index (χ2n) is 4.66. The summed E-state index contributed by atoms with van der Waals surface area (Å²) in [4.78, 5) is 4.54. The van der Waals surface area contributed by atoms with Gasteiger partial charge in [0.1, 0.15) is 0 Å². The van der Waals surface area contributed by atoms with Crippen molar-refractivity contribution in [2.24, 2.45) is 4.99 Å². The second-order valence-corrected chi connectivity index (χ2v) is 4.66. The van der Waals surface area contributed by atoms with Gasteiger partial charge in [-0.05, 0) is 17.2 Å². The first-order valence-electron chi connectivity index (χ1n) is 6.89. The average Bonchev–Trinajstić information content (AvgIpc) is 2.43. The third-order valence-electron chi connectivity index (χ3n) is 3.19. The van der Waals surface area contributed by atoms with E-state index in [1.807, 2.05) is 6.21 Å². The maximum Gasteiger partial charge on any atom is 0.0389 e. The molecule has 0 atom stereocenters. The van der Waals surface area contributed by atoms with Crippen molar-refractivity contribution in [1.82, 2.24) is 0 Å². The van der Waals surface area contributed by atoms with E-state index in [0.717, 1.165) is 6.54 Å². The Hall–Kier alpha value is -1.63. The molecule has 0 aliphatic carbocycles. The van der Waals surface area contributed by atoms with Crippen LogP contribution in [0, 0.1) is 0 Å². The first kappa shape index (κ1) is 12.8. The lowest BCUT2D eigenvalue weighted by Crippen LogP contribution is -1.87. The van der Waals surface area contributed by atoms with Crippen LogP contribution in [0.15, 0.2) is 47.5 Å². The van der Waals surface area contributed by atoms with Crippen molar-refractivity contribution in [2.75, 3.05) is 6.54 Å². The van der Waals surface area contributed by atoms with Gasteiger partial charge in [-0.1, -0.05) is 68.7 Å². The standard InChI is InChI=1S/C17H21N/c1-2-3-4-7-13-18-14-16-11-8-10-15-9-5-6-12-17(15)16/h5-6,8-12,14H,2-4,7,13H2,1H3. The Bertz CT molecular complexity index is 509. The maximum atomic E-state index is 4.54. The highest BCUT2D eigenvalue weighted by Crippen LogP contribution is 2.16. The van der Waals surface area contributed by atoms with E-state index >= 15 is 0 Å². The van der Waals surface area contributed by atoms with Gasteiger partial charge >= 0.3 is 0 Å². The van der Waals surface area contributed by atoms with Gasteiger partial charge in [0.15, 0.2) is 0 Å². The lowest BCUT2D eigenvalue weighted by molar-refractivity contribution is 0.676. The van der Waals surface area contributed by atoms with Crippen LogP contribution in [0.5, 0.6) is 0 Å². The third-order valence-corrected chi connectivity index (χ3v) is 3.19. The molecule has 1 nitrogen and oxygen atoms in total. The van der Waals surface area contributed by atoms with E-state index in [0.29, 0.717) is 0 Å². The number of hydrogen-bond donors (Lipinski definition) is 0. The molecule has 0 amide bonds. The van der Waals surface area contributed by atoms with E-state index in [4.69, 9.17) is 0 Å². The molecule has 0 bridgehead atoms. The molecule has 18 heavy (non-hydrogen) atoms. The molecule has 0 spiro atoms. The largest absolute Gasteiger partial charge is 0.293 e. The van der Waals surface area contributed by atoms with Crippen LogP contribution in [-0.2, 0) is 0 Å². The normalized spacial score (nSPS) is 11.4. The van der Waals surface area contributed by atoms with E-state index in [1.54, 1.807) is 0 Å². The van der Waals surface area contributed by atoms with Crippen molar-refractivity contribution in [1.29, 1.82) is 0 Å². The molecule has 94 valence electrons. The van der Waals surface area contributed by atoms with E-state index in [1.165, 1.54) is 42.0 Å². The molecule has 0 aromatic heterocycles. The monoisotopic (exact) mass is 239 g/mol. The van der Waals surface area contributed by atoms with Gasteiger partial charge in [-0.2, -0.15) is 0 Å². The fourth-order valence-electron chi connectivity index (χ4n) is 2.16. The fourth-order valence-corrected chi connectivity index (χ4v) is 2.16. The van der Waals surface area contributed by atoms with Gasteiger partial charge in [0.25, 0.3) is 0 Å². The summed E-state index contributed by atoms with van der Waals surface area (Å²) in [6.07, 6.45) is 7.13. The molecule has 0 saturated carbocycles. The van der Waals surface area contributed by atoms with Crippen molar-refractivity contribution in [3.05, 3.63) is 48.0 Å². The Morgan fingerprint density at radius 2 is 1.78 bits per heavy atom. The van der Waals surface area contributed by atoms with Crippen LogP contribution in [0.4, 0.5) is 0 Å². The minimum atomic E-state index is 0.948. The lowest BCUT2D eigenvalue weighted by atomic mass is 10.1.